The molecule has 0 radical (unpaired) electrons. The summed E-state index contributed by atoms with van der Waals surface area (Å²) in [6.07, 6.45) is 1.50. The average Bonchev–Trinajstić information content (AvgIpc) is 3.21. The molecule has 0 aliphatic heterocycles. The second-order valence-electron chi connectivity index (χ2n) is 7.39. The molecule has 0 bridgehead atoms. The Morgan fingerprint density at radius 2 is 1.87 bits per heavy atom. The van der Waals surface area contributed by atoms with Crippen molar-refractivity contribution in [2.45, 2.75) is 20.4 Å². The molecule has 0 fully saturated rings. The summed E-state index contributed by atoms with van der Waals surface area (Å²) in [7, 11) is 0. The molecule has 8 heteroatoms. The zero-order chi connectivity index (χ0) is 21.5. The number of hydrogen-bond donors (Lipinski definition) is 2. The van der Waals surface area contributed by atoms with E-state index in [1.165, 1.54) is 11.9 Å². The third-order valence-electron chi connectivity index (χ3n) is 5.53. The molecule has 0 spiro atoms. The first-order chi connectivity index (χ1) is 15.0. The highest BCUT2D eigenvalue weighted by atomic mass is 79.9. The van der Waals surface area contributed by atoms with Gasteiger partial charge in [-0.2, -0.15) is 0 Å². The molecular weight excluding hydrogens is 456 g/mol. The number of rotatable bonds is 4. The first-order valence-corrected chi connectivity index (χ1v) is 10.6. The van der Waals surface area contributed by atoms with Crippen LogP contribution < -0.4 is 0 Å². The number of aromatic nitrogens is 4. The average molecular weight is 475 g/mol. The summed E-state index contributed by atoms with van der Waals surface area (Å²) in [5, 5.41) is 20.7. The molecule has 154 valence electrons. The van der Waals surface area contributed by atoms with Crippen molar-refractivity contribution in [3.05, 3.63) is 76.2 Å². The molecule has 0 unspecified atom stereocenters. The lowest BCUT2D eigenvalue weighted by Crippen LogP contribution is -2.02. The lowest BCUT2D eigenvalue weighted by atomic mass is 10.2. The molecule has 5 aromatic rings. The van der Waals surface area contributed by atoms with Crippen molar-refractivity contribution >= 4 is 49.4 Å². The Hall–Kier alpha value is -3.52. The molecule has 7 nitrogen and oxygen atoms in total. The molecule has 0 saturated heterocycles. The van der Waals surface area contributed by atoms with E-state index in [-0.39, 0.29) is 5.88 Å². The summed E-state index contributed by atoms with van der Waals surface area (Å²) in [5.74, 6) is 0.442. The maximum atomic E-state index is 10.3. The van der Waals surface area contributed by atoms with Crippen LogP contribution in [0, 0.1) is 13.8 Å². The summed E-state index contributed by atoms with van der Waals surface area (Å²) in [4.78, 5) is 11.8. The number of benzene rings is 2. The van der Waals surface area contributed by atoms with Gasteiger partial charge in [0.25, 0.3) is 0 Å². The second kappa shape index (κ2) is 7.63. The fourth-order valence-corrected chi connectivity index (χ4v) is 4.18. The van der Waals surface area contributed by atoms with E-state index >= 15 is 0 Å². The Morgan fingerprint density at radius 3 is 2.68 bits per heavy atom. The van der Waals surface area contributed by atoms with Gasteiger partial charge in [-0.15, -0.1) is 10.2 Å². The number of halogens is 1. The number of hydrogen-bond acceptors (Lipinski definition) is 5. The number of aromatic amines is 1. The van der Waals surface area contributed by atoms with Crippen LogP contribution in [0.1, 0.15) is 16.8 Å². The van der Waals surface area contributed by atoms with Gasteiger partial charge in [0, 0.05) is 22.1 Å². The van der Waals surface area contributed by atoms with Crippen molar-refractivity contribution < 1.29 is 5.11 Å². The Morgan fingerprint density at radius 1 is 1.06 bits per heavy atom. The van der Waals surface area contributed by atoms with E-state index in [1.807, 2.05) is 43.3 Å². The third-order valence-corrected chi connectivity index (χ3v) is 6.02. The van der Waals surface area contributed by atoms with Crippen LogP contribution in [0.2, 0.25) is 0 Å². The maximum absolute atomic E-state index is 10.3. The van der Waals surface area contributed by atoms with Crippen LogP contribution in [0.25, 0.3) is 21.9 Å². The van der Waals surface area contributed by atoms with Crippen LogP contribution in [0.4, 0.5) is 11.5 Å². The fourth-order valence-electron chi connectivity index (χ4n) is 3.82. The van der Waals surface area contributed by atoms with Crippen molar-refractivity contribution in [2.75, 3.05) is 0 Å². The fraction of sp³-hybridized carbons (Fsp3) is 0.130. The largest absolute Gasteiger partial charge is 0.493 e. The molecule has 0 amide bonds. The standard InChI is InChI=1S/C23H19BrN6O/c1-13-14(2)30(11-15-6-4-3-5-7-15)22-19(13)21(25-12-26-22)29-28-20-17-10-16(24)8-9-18(17)27-23(20)31/h3-10,12,27,31H,11H2,1-2H3. The minimum atomic E-state index is -0.0308. The van der Waals surface area contributed by atoms with Gasteiger partial charge < -0.3 is 14.7 Å². The zero-order valence-electron chi connectivity index (χ0n) is 17.0. The van der Waals surface area contributed by atoms with Gasteiger partial charge in [0.1, 0.15) is 12.0 Å². The van der Waals surface area contributed by atoms with E-state index < -0.39 is 0 Å². The molecule has 0 atom stereocenters. The minimum Gasteiger partial charge on any atom is -0.493 e. The molecule has 0 saturated carbocycles. The number of fused-ring (bicyclic) bond motifs is 2. The van der Waals surface area contributed by atoms with Gasteiger partial charge in [-0.1, -0.05) is 46.3 Å². The normalized spacial score (nSPS) is 11.8. The molecule has 31 heavy (non-hydrogen) atoms. The Kier molecular flexibility index (Phi) is 4.78. The van der Waals surface area contributed by atoms with Crippen LogP contribution >= 0.6 is 15.9 Å². The van der Waals surface area contributed by atoms with Crippen LogP contribution in [0.5, 0.6) is 5.88 Å². The predicted octanol–water partition coefficient (Wildman–Crippen LogP) is 6.46. The molecule has 3 heterocycles. The van der Waals surface area contributed by atoms with Gasteiger partial charge in [-0.25, -0.2) is 9.97 Å². The Labute approximate surface area is 186 Å². The summed E-state index contributed by atoms with van der Waals surface area (Å²) in [5.41, 5.74) is 5.33. The first-order valence-electron chi connectivity index (χ1n) is 9.79. The van der Waals surface area contributed by atoms with Crippen molar-refractivity contribution in [1.82, 2.24) is 19.5 Å². The van der Waals surface area contributed by atoms with E-state index in [0.717, 1.165) is 37.7 Å². The number of aryl methyl sites for hydroxylation is 1. The van der Waals surface area contributed by atoms with Crippen LogP contribution in [0.3, 0.4) is 0 Å². The van der Waals surface area contributed by atoms with E-state index in [2.05, 4.69) is 64.7 Å². The molecule has 5 rings (SSSR count). The number of nitrogens with zero attached hydrogens (tertiary/aromatic N) is 5. The van der Waals surface area contributed by atoms with Crippen LogP contribution in [-0.2, 0) is 6.54 Å². The molecule has 0 aliphatic carbocycles. The minimum absolute atomic E-state index is 0.0308. The predicted molar refractivity (Wildman–Crippen MR) is 124 cm³/mol. The quantitative estimate of drug-likeness (QED) is 0.292. The van der Waals surface area contributed by atoms with Gasteiger partial charge in [0.05, 0.1) is 10.9 Å². The van der Waals surface area contributed by atoms with Crippen LogP contribution in [0.15, 0.2) is 69.6 Å². The van der Waals surface area contributed by atoms with Gasteiger partial charge in [0.2, 0.25) is 5.88 Å². The molecule has 2 N–H and O–H groups in total. The number of nitrogens with one attached hydrogen (secondary N) is 1. The molecule has 2 aromatic carbocycles. The van der Waals surface area contributed by atoms with Crippen LogP contribution in [-0.4, -0.2) is 24.6 Å². The highest BCUT2D eigenvalue weighted by molar-refractivity contribution is 9.10. The second-order valence-corrected chi connectivity index (χ2v) is 8.31. The molecule has 3 aromatic heterocycles. The SMILES string of the molecule is Cc1c(C)n(Cc2ccccc2)c2ncnc(N=Nc3c(O)[nH]c4ccc(Br)cc34)c12. The molecule has 0 aliphatic rings. The topological polar surface area (TPSA) is 91.4 Å². The van der Waals surface area contributed by atoms with Crippen molar-refractivity contribution in [3.63, 3.8) is 0 Å². The highest BCUT2D eigenvalue weighted by Crippen LogP contribution is 2.38. The van der Waals surface area contributed by atoms with E-state index in [0.29, 0.717) is 18.1 Å². The molecular formula is C23H19BrN6O. The Balaban J connectivity index is 1.61. The number of H-pyrrole nitrogens is 1. The summed E-state index contributed by atoms with van der Waals surface area (Å²) >= 11 is 3.46. The first kappa shape index (κ1) is 19.4. The lowest BCUT2D eigenvalue weighted by molar-refractivity contribution is 0.459. The van der Waals surface area contributed by atoms with Crippen molar-refractivity contribution in [3.8, 4) is 5.88 Å². The summed E-state index contributed by atoms with van der Waals surface area (Å²) in [6, 6.07) is 15.9. The van der Waals surface area contributed by atoms with Gasteiger partial charge in [-0.05, 0) is 43.2 Å². The number of azo groups is 1. The van der Waals surface area contributed by atoms with E-state index in [4.69, 9.17) is 0 Å². The third kappa shape index (κ3) is 3.38. The van der Waals surface area contributed by atoms with E-state index in [1.54, 1.807) is 0 Å². The maximum Gasteiger partial charge on any atom is 0.218 e. The van der Waals surface area contributed by atoms with Gasteiger partial charge in [0.15, 0.2) is 11.5 Å². The van der Waals surface area contributed by atoms with Gasteiger partial charge in [-0.3, -0.25) is 0 Å². The summed E-state index contributed by atoms with van der Waals surface area (Å²) < 4.78 is 3.06. The Bertz CT molecular complexity index is 1450. The summed E-state index contributed by atoms with van der Waals surface area (Å²) in [6.45, 7) is 4.83. The smallest absolute Gasteiger partial charge is 0.218 e. The van der Waals surface area contributed by atoms with Crippen molar-refractivity contribution in [2.24, 2.45) is 10.2 Å². The van der Waals surface area contributed by atoms with Gasteiger partial charge >= 0.3 is 0 Å². The zero-order valence-corrected chi connectivity index (χ0v) is 18.6. The van der Waals surface area contributed by atoms with Crippen molar-refractivity contribution in [1.29, 1.82) is 0 Å². The highest BCUT2D eigenvalue weighted by Gasteiger charge is 2.17. The monoisotopic (exact) mass is 474 g/mol. The van der Waals surface area contributed by atoms with E-state index in [9.17, 15) is 5.11 Å². The number of aromatic hydroxyl groups is 1. The lowest BCUT2D eigenvalue weighted by Gasteiger charge is -2.07.